The van der Waals surface area contributed by atoms with Gasteiger partial charge in [0.1, 0.15) is 29.9 Å². The highest BCUT2D eigenvalue weighted by atomic mass is 32.2. The maximum Gasteiger partial charge on any atom is 0.283 e. The zero-order chi connectivity index (χ0) is 25.4. The molecule has 35 heavy (non-hydrogen) atoms. The molecule has 186 valence electrons. The number of halogens is 2. The van der Waals surface area contributed by atoms with Crippen molar-refractivity contribution in [2.45, 2.75) is 32.5 Å². The predicted molar refractivity (Wildman–Crippen MR) is 127 cm³/mol. The van der Waals surface area contributed by atoms with E-state index in [1.54, 1.807) is 61.5 Å². The van der Waals surface area contributed by atoms with Gasteiger partial charge in [0.15, 0.2) is 0 Å². The molecule has 0 unspecified atom stereocenters. The summed E-state index contributed by atoms with van der Waals surface area (Å²) < 4.78 is 64.5. The Balaban J connectivity index is 1.75. The van der Waals surface area contributed by atoms with Gasteiger partial charge in [-0.2, -0.15) is 8.42 Å². The maximum absolute atomic E-state index is 14.3. The van der Waals surface area contributed by atoms with Gasteiger partial charge >= 0.3 is 0 Å². The van der Waals surface area contributed by atoms with E-state index in [9.17, 15) is 22.0 Å². The fourth-order valence-electron chi connectivity index (χ4n) is 3.32. The quantitative estimate of drug-likeness (QED) is 0.345. The first-order valence-electron chi connectivity index (χ1n) is 10.8. The van der Waals surface area contributed by atoms with Crippen molar-refractivity contribution in [1.82, 2.24) is 10.6 Å². The minimum atomic E-state index is -4.32. The van der Waals surface area contributed by atoms with Gasteiger partial charge in [0.25, 0.3) is 10.1 Å². The maximum atomic E-state index is 14.3. The van der Waals surface area contributed by atoms with Crippen LogP contribution in [-0.4, -0.2) is 30.8 Å². The first-order valence-corrected chi connectivity index (χ1v) is 12.4. The second-order valence-electron chi connectivity index (χ2n) is 7.96. The SMILES string of the molecule is C[C@H](NCc1ccc(OCc2ccccc2F)c(Cc2ccccc2F)c1)C(=O)NCS(=O)(=O)O. The van der Waals surface area contributed by atoms with Crippen molar-refractivity contribution in [3.63, 3.8) is 0 Å². The van der Waals surface area contributed by atoms with E-state index in [2.05, 4.69) is 10.6 Å². The molecule has 0 radical (unpaired) electrons. The van der Waals surface area contributed by atoms with Crippen molar-refractivity contribution in [2.24, 2.45) is 0 Å². The molecule has 10 heteroatoms. The van der Waals surface area contributed by atoms with Crippen molar-refractivity contribution in [3.05, 3.63) is 101 Å². The molecule has 0 saturated heterocycles. The number of ether oxygens (including phenoxy) is 1. The standard InChI is InChI=1S/C25H26F2N2O5S/c1-17(25(30)29-16-35(31,32)33)28-14-18-10-11-24(34-15-20-7-3-5-9-23(20)27)21(12-18)13-19-6-2-4-8-22(19)26/h2-12,17,28H,13-16H2,1H3,(H,29,30)(H,31,32,33)/t17-/m0/s1. The number of benzene rings is 3. The second kappa shape index (κ2) is 11.9. The molecule has 0 saturated carbocycles. The zero-order valence-corrected chi connectivity index (χ0v) is 19.8. The van der Waals surface area contributed by atoms with E-state index in [4.69, 9.17) is 9.29 Å². The summed E-state index contributed by atoms with van der Waals surface area (Å²) in [6.45, 7) is 1.79. The van der Waals surface area contributed by atoms with Crippen molar-refractivity contribution in [3.8, 4) is 5.75 Å². The Hall–Kier alpha value is -3.34. The van der Waals surface area contributed by atoms with Gasteiger partial charge in [-0.3, -0.25) is 9.35 Å². The van der Waals surface area contributed by atoms with Crippen molar-refractivity contribution in [2.75, 3.05) is 5.88 Å². The number of hydrogen-bond acceptors (Lipinski definition) is 5. The van der Waals surface area contributed by atoms with E-state index in [0.29, 0.717) is 22.4 Å². The van der Waals surface area contributed by atoms with Crippen LogP contribution in [0.15, 0.2) is 66.7 Å². The predicted octanol–water partition coefficient (Wildman–Crippen LogP) is 3.57. The summed E-state index contributed by atoms with van der Waals surface area (Å²) in [5.41, 5.74) is 2.30. The van der Waals surface area contributed by atoms with E-state index in [1.165, 1.54) is 12.1 Å². The van der Waals surface area contributed by atoms with E-state index in [-0.39, 0.29) is 31.2 Å². The highest BCUT2D eigenvalue weighted by Crippen LogP contribution is 2.26. The first-order chi connectivity index (χ1) is 16.6. The highest BCUT2D eigenvalue weighted by molar-refractivity contribution is 7.85. The largest absolute Gasteiger partial charge is 0.489 e. The minimum absolute atomic E-state index is 0.000484. The third kappa shape index (κ3) is 8.13. The summed E-state index contributed by atoms with van der Waals surface area (Å²) >= 11 is 0. The summed E-state index contributed by atoms with van der Waals surface area (Å²) in [6, 6.07) is 17.2. The Morgan fingerprint density at radius 3 is 2.23 bits per heavy atom. The lowest BCUT2D eigenvalue weighted by molar-refractivity contribution is -0.122. The van der Waals surface area contributed by atoms with E-state index < -0.39 is 27.9 Å². The van der Waals surface area contributed by atoms with Crippen LogP contribution in [0, 0.1) is 11.6 Å². The van der Waals surface area contributed by atoms with Crippen LogP contribution in [0.1, 0.15) is 29.2 Å². The molecule has 0 fully saturated rings. The molecule has 1 amide bonds. The number of rotatable bonds is 11. The highest BCUT2D eigenvalue weighted by Gasteiger charge is 2.16. The molecular weight excluding hydrogens is 478 g/mol. The molecule has 1 atom stereocenters. The lowest BCUT2D eigenvalue weighted by atomic mass is 10.0. The Morgan fingerprint density at radius 1 is 0.971 bits per heavy atom. The average Bonchev–Trinajstić information content (AvgIpc) is 2.82. The molecule has 0 aliphatic rings. The van der Waals surface area contributed by atoms with Crippen LogP contribution < -0.4 is 15.4 Å². The average molecular weight is 505 g/mol. The summed E-state index contributed by atoms with van der Waals surface area (Å²) in [7, 11) is -4.32. The first kappa shape index (κ1) is 26.3. The van der Waals surface area contributed by atoms with E-state index in [1.807, 2.05) is 0 Å². The van der Waals surface area contributed by atoms with Gasteiger partial charge in [-0.15, -0.1) is 0 Å². The van der Waals surface area contributed by atoms with Crippen LogP contribution in [-0.2, 0) is 34.5 Å². The van der Waals surface area contributed by atoms with E-state index in [0.717, 1.165) is 5.56 Å². The van der Waals surface area contributed by atoms with Gasteiger partial charge in [-0.05, 0) is 41.8 Å². The Bertz CT molecular complexity index is 1280. The summed E-state index contributed by atoms with van der Waals surface area (Å²) in [5, 5.41) is 5.09. The molecule has 0 bridgehead atoms. The third-order valence-electron chi connectivity index (χ3n) is 5.24. The monoisotopic (exact) mass is 504 g/mol. The van der Waals surface area contributed by atoms with Crippen LogP contribution in [0.2, 0.25) is 0 Å². The number of hydrogen-bond donors (Lipinski definition) is 3. The fraction of sp³-hybridized carbons (Fsp3) is 0.240. The number of amides is 1. The fourth-order valence-corrected chi connectivity index (χ4v) is 3.64. The molecule has 0 heterocycles. The Morgan fingerprint density at radius 2 is 1.60 bits per heavy atom. The van der Waals surface area contributed by atoms with Crippen molar-refractivity contribution >= 4 is 16.0 Å². The molecule has 7 nitrogen and oxygen atoms in total. The van der Waals surface area contributed by atoms with Crippen LogP contribution in [0.5, 0.6) is 5.75 Å². The van der Waals surface area contributed by atoms with Gasteiger partial charge in [0.2, 0.25) is 5.91 Å². The van der Waals surface area contributed by atoms with Gasteiger partial charge in [-0.25, -0.2) is 8.78 Å². The van der Waals surface area contributed by atoms with Crippen LogP contribution in [0.4, 0.5) is 8.78 Å². The summed E-state index contributed by atoms with van der Waals surface area (Å²) in [4.78, 5) is 12.0. The molecule has 3 aromatic rings. The number of carbonyl (C=O) groups excluding carboxylic acids is 1. The summed E-state index contributed by atoms with van der Waals surface area (Å²) in [5.74, 6) is -1.75. The number of nitrogens with one attached hydrogen (secondary N) is 2. The van der Waals surface area contributed by atoms with Crippen molar-refractivity contribution < 1.29 is 31.3 Å². The number of carbonyl (C=O) groups is 1. The molecule has 0 aliphatic carbocycles. The molecule has 0 aliphatic heterocycles. The topological polar surface area (TPSA) is 105 Å². The van der Waals surface area contributed by atoms with Gasteiger partial charge < -0.3 is 15.4 Å². The van der Waals surface area contributed by atoms with Gasteiger partial charge in [0, 0.05) is 18.5 Å². The summed E-state index contributed by atoms with van der Waals surface area (Å²) in [6.07, 6.45) is 0.234. The molecule has 0 aromatic heterocycles. The van der Waals surface area contributed by atoms with Gasteiger partial charge in [0.05, 0.1) is 6.04 Å². The second-order valence-corrected chi connectivity index (χ2v) is 9.41. The minimum Gasteiger partial charge on any atom is -0.489 e. The lowest BCUT2D eigenvalue weighted by Crippen LogP contribution is -2.43. The third-order valence-corrected chi connectivity index (χ3v) is 5.75. The Labute approximate surface area is 202 Å². The van der Waals surface area contributed by atoms with Crippen LogP contribution >= 0.6 is 0 Å². The van der Waals surface area contributed by atoms with Crippen molar-refractivity contribution in [1.29, 1.82) is 0 Å². The molecule has 3 rings (SSSR count). The Kier molecular flexibility index (Phi) is 8.91. The molecular formula is C25H26F2N2O5S. The lowest BCUT2D eigenvalue weighted by Gasteiger charge is -2.16. The normalized spacial score (nSPS) is 12.2. The van der Waals surface area contributed by atoms with Crippen LogP contribution in [0.3, 0.4) is 0 Å². The smallest absolute Gasteiger partial charge is 0.283 e. The van der Waals surface area contributed by atoms with Crippen LogP contribution in [0.25, 0.3) is 0 Å². The van der Waals surface area contributed by atoms with E-state index >= 15 is 0 Å². The molecule has 3 aromatic carbocycles. The zero-order valence-electron chi connectivity index (χ0n) is 19.0. The molecule has 3 N–H and O–H groups in total. The van der Waals surface area contributed by atoms with Gasteiger partial charge in [-0.1, -0.05) is 48.5 Å². The molecule has 0 spiro atoms.